The summed E-state index contributed by atoms with van der Waals surface area (Å²) < 4.78 is 5.26. The van der Waals surface area contributed by atoms with Crippen molar-refractivity contribution in [3.8, 4) is 0 Å². The van der Waals surface area contributed by atoms with E-state index in [2.05, 4.69) is 15.5 Å². The van der Waals surface area contributed by atoms with Crippen molar-refractivity contribution in [2.24, 2.45) is 0 Å². The number of carbonyl (C=O) groups is 2. The lowest BCUT2D eigenvalue weighted by molar-refractivity contribution is -0.139. The molecule has 1 saturated heterocycles. The minimum Gasteiger partial charge on any atom is -0.463 e. The van der Waals surface area contributed by atoms with Gasteiger partial charge in [-0.3, -0.25) is 4.90 Å². The molecule has 1 aromatic heterocycles. The van der Waals surface area contributed by atoms with E-state index in [1.807, 2.05) is 29.3 Å². The molecule has 2 aliphatic heterocycles. The molecule has 1 aromatic rings. The highest BCUT2D eigenvalue weighted by atomic mass is 32.2. The van der Waals surface area contributed by atoms with Gasteiger partial charge in [-0.2, -0.15) is 11.8 Å². The van der Waals surface area contributed by atoms with E-state index in [1.165, 1.54) is 11.3 Å². The van der Waals surface area contributed by atoms with Crippen molar-refractivity contribution in [1.29, 1.82) is 0 Å². The maximum atomic E-state index is 12.6. The number of thioether (sulfide) groups is 1. The van der Waals surface area contributed by atoms with Crippen LogP contribution in [0.15, 0.2) is 28.8 Å². The predicted octanol–water partition coefficient (Wildman–Crippen LogP) is 1.97. The number of urea groups is 1. The van der Waals surface area contributed by atoms with Crippen molar-refractivity contribution in [2.75, 3.05) is 37.7 Å². The molecule has 1 unspecified atom stereocenters. The van der Waals surface area contributed by atoms with Gasteiger partial charge < -0.3 is 15.4 Å². The highest BCUT2D eigenvalue weighted by molar-refractivity contribution is 7.99. The van der Waals surface area contributed by atoms with E-state index in [0.717, 1.165) is 29.5 Å². The summed E-state index contributed by atoms with van der Waals surface area (Å²) in [7, 11) is 0. The quantitative estimate of drug-likeness (QED) is 0.779. The highest BCUT2D eigenvalue weighted by Crippen LogP contribution is 2.31. The Labute approximate surface area is 149 Å². The molecular weight excluding hydrogens is 346 g/mol. The molecule has 0 aromatic carbocycles. The van der Waals surface area contributed by atoms with Crippen LogP contribution < -0.4 is 10.6 Å². The zero-order valence-electron chi connectivity index (χ0n) is 13.5. The van der Waals surface area contributed by atoms with Crippen molar-refractivity contribution < 1.29 is 14.3 Å². The van der Waals surface area contributed by atoms with Crippen LogP contribution in [-0.4, -0.2) is 54.6 Å². The number of carbonyl (C=O) groups excluding carboxylic acids is 2. The van der Waals surface area contributed by atoms with E-state index >= 15 is 0 Å². The third kappa shape index (κ3) is 3.93. The summed E-state index contributed by atoms with van der Waals surface area (Å²) >= 11 is 3.45. The molecule has 2 aliphatic rings. The monoisotopic (exact) mass is 367 g/mol. The van der Waals surface area contributed by atoms with E-state index in [9.17, 15) is 9.59 Å². The van der Waals surface area contributed by atoms with Crippen molar-refractivity contribution in [1.82, 2.24) is 15.5 Å². The van der Waals surface area contributed by atoms with Gasteiger partial charge in [-0.15, -0.1) is 11.3 Å². The molecule has 24 heavy (non-hydrogen) atoms. The number of amides is 2. The molecule has 1 atom stereocenters. The number of nitrogens with one attached hydrogen (secondary N) is 2. The van der Waals surface area contributed by atoms with Crippen LogP contribution in [0.25, 0.3) is 0 Å². The van der Waals surface area contributed by atoms with Gasteiger partial charge in [-0.25, -0.2) is 9.59 Å². The maximum Gasteiger partial charge on any atom is 0.338 e. The Balaban J connectivity index is 1.93. The maximum absolute atomic E-state index is 12.6. The minimum atomic E-state index is -0.452. The lowest BCUT2D eigenvalue weighted by Crippen LogP contribution is -2.49. The standard InChI is InChI=1S/C16H21N3O3S2/c1-2-22-15(20)13-11(10-19-5-8-23-9-6-19)17-16(21)18-14(13)12-4-3-7-24-12/h3-4,7,14H,2,5-6,8-10H2,1H3,(H2,17,18,21). The van der Waals surface area contributed by atoms with Crippen LogP contribution >= 0.6 is 23.1 Å². The largest absolute Gasteiger partial charge is 0.463 e. The van der Waals surface area contributed by atoms with Gasteiger partial charge >= 0.3 is 12.0 Å². The van der Waals surface area contributed by atoms with Gasteiger partial charge in [0.05, 0.1) is 18.2 Å². The molecule has 2 amide bonds. The first-order chi connectivity index (χ1) is 11.7. The van der Waals surface area contributed by atoms with E-state index in [1.54, 1.807) is 6.92 Å². The van der Waals surface area contributed by atoms with Crippen LogP contribution in [0.4, 0.5) is 4.79 Å². The van der Waals surface area contributed by atoms with Gasteiger partial charge in [0.25, 0.3) is 0 Å². The molecular formula is C16H21N3O3S2. The van der Waals surface area contributed by atoms with Gasteiger partial charge in [0.15, 0.2) is 0 Å². The lowest BCUT2D eigenvalue weighted by atomic mass is 10.0. The number of hydrogen-bond acceptors (Lipinski definition) is 6. The Morgan fingerprint density at radius 1 is 1.42 bits per heavy atom. The van der Waals surface area contributed by atoms with Crippen molar-refractivity contribution in [2.45, 2.75) is 13.0 Å². The topological polar surface area (TPSA) is 70.7 Å². The van der Waals surface area contributed by atoms with Gasteiger partial charge in [-0.1, -0.05) is 6.07 Å². The Kier molecular flexibility index (Phi) is 5.80. The fourth-order valence-corrected chi connectivity index (χ4v) is 4.61. The van der Waals surface area contributed by atoms with E-state index in [4.69, 9.17) is 4.74 Å². The SMILES string of the molecule is CCOC(=O)C1=C(CN2CCSCC2)NC(=O)NC1c1cccs1. The van der Waals surface area contributed by atoms with Gasteiger partial charge in [-0.05, 0) is 18.4 Å². The fourth-order valence-electron chi connectivity index (χ4n) is 2.84. The summed E-state index contributed by atoms with van der Waals surface area (Å²) in [4.78, 5) is 27.9. The van der Waals surface area contributed by atoms with Crippen LogP contribution in [0, 0.1) is 0 Å². The molecule has 0 bridgehead atoms. The van der Waals surface area contributed by atoms with Crippen LogP contribution in [0.5, 0.6) is 0 Å². The zero-order chi connectivity index (χ0) is 16.9. The molecule has 0 aliphatic carbocycles. The summed E-state index contributed by atoms with van der Waals surface area (Å²) in [5.41, 5.74) is 1.17. The molecule has 3 heterocycles. The summed E-state index contributed by atoms with van der Waals surface area (Å²) in [5.74, 6) is 1.77. The first-order valence-corrected chi connectivity index (χ1v) is 10.0. The Hall–Kier alpha value is -1.51. The molecule has 3 rings (SSSR count). The van der Waals surface area contributed by atoms with Gasteiger partial charge in [0, 0.05) is 41.7 Å². The third-order valence-electron chi connectivity index (χ3n) is 3.96. The van der Waals surface area contributed by atoms with Crippen molar-refractivity contribution >= 4 is 35.1 Å². The normalized spacial score (nSPS) is 22.0. The Morgan fingerprint density at radius 2 is 2.21 bits per heavy atom. The first-order valence-electron chi connectivity index (χ1n) is 8.00. The molecule has 130 valence electrons. The van der Waals surface area contributed by atoms with Crippen LogP contribution in [0.2, 0.25) is 0 Å². The second-order valence-electron chi connectivity index (χ2n) is 5.55. The summed E-state index contributed by atoms with van der Waals surface area (Å²) in [5, 5.41) is 7.62. The molecule has 8 heteroatoms. The second-order valence-corrected chi connectivity index (χ2v) is 7.75. The minimum absolute atomic E-state index is 0.275. The number of esters is 1. The Bertz CT molecular complexity index is 625. The number of nitrogens with zero attached hydrogens (tertiary/aromatic N) is 1. The molecule has 0 radical (unpaired) electrons. The second kappa shape index (κ2) is 8.04. The van der Waals surface area contributed by atoms with Crippen molar-refractivity contribution in [3.05, 3.63) is 33.7 Å². The first kappa shape index (κ1) is 17.3. The molecule has 1 fully saturated rings. The van der Waals surface area contributed by atoms with E-state index in [-0.39, 0.29) is 12.0 Å². The van der Waals surface area contributed by atoms with Gasteiger partial charge in [0.1, 0.15) is 0 Å². The fraction of sp³-hybridized carbons (Fsp3) is 0.500. The summed E-state index contributed by atoms with van der Waals surface area (Å²) in [6.07, 6.45) is 0. The summed E-state index contributed by atoms with van der Waals surface area (Å²) in [6, 6.07) is 3.11. The smallest absolute Gasteiger partial charge is 0.338 e. The summed E-state index contributed by atoms with van der Waals surface area (Å²) in [6.45, 7) is 4.56. The predicted molar refractivity (Wildman–Crippen MR) is 96.2 cm³/mol. The average Bonchev–Trinajstić information content (AvgIpc) is 3.10. The number of thiophene rings is 1. The van der Waals surface area contributed by atoms with E-state index < -0.39 is 6.04 Å². The highest BCUT2D eigenvalue weighted by Gasteiger charge is 2.34. The number of rotatable bonds is 5. The van der Waals surface area contributed by atoms with E-state index in [0.29, 0.717) is 24.4 Å². The number of hydrogen-bond donors (Lipinski definition) is 2. The third-order valence-corrected chi connectivity index (χ3v) is 5.84. The molecule has 0 spiro atoms. The number of ether oxygens (including phenoxy) is 1. The molecule has 0 saturated carbocycles. The van der Waals surface area contributed by atoms with Crippen LogP contribution in [0.1, 0.15) is 17.8 Å². The molecule has 6 nitrogen and oxygen atoms in total. The zero-order valence-corrected chi connectivity index (χ0v) is 15.2. The average molecular weight is 367 g/mol. The van der Waals surface area contributed by atoms with Crippen LogP contribution in [-0.2, 0) is 9.53 Å². The van der Waals surface area contributed by atoms with Crippen molar-refractivity contribution in [3.63, 3.8) is 0 Å². The van der Waals surface area contributed by atoms with Gasteiger partial charge in [0.2, 0.25) is 0 Å². The lowest BCUT2D eigenvalue weighted by Gasteiger charge is -2.32. The van der Waals surface area contributed by atoms with Crippen LogP contribution in [0.3, 0.4) is 0 Å². The Morgan fingerprint density at radius 3 is 2.88 bits per heavy atom. The molecule has 2 N–H and O–H groups in total.